The van der Waals surface area contributed by atoms with Crippen LogP contribution < -0.4 is 5.32 Å². The first-order valence-corrected chi connectivity index (χ1v) is 7.53. The van der Waals surface area contributed by atoms with Crippen molar-refractivity contribution in [1.82, 2.24) is 14.9 Å². The highest BCUT2D eigenvalue weighted by Crippen LogP contribution is 2.21. The number of nitrogens with one attached hydrogen (secondary N) is 2. The highest BCUT2D eigenvalue weighted by molar-refractivity contribution is 5.65. The van der Waals surface area contributed by atoms with Gasteiger partial charge in [-0.15, -0.1) is 0 Å². The lowest BCUT2D eigenvalue weighted by Gasteiger charge is -2.30. The molecule has 2 aromatic rings. The molecule has 116 valence electrons. The van der Waals surface area contributed by atoms with Gasteiger partial charge in [0.25, 0.3) is 0 Å². The number of aromatic amines is 1. The van der Waals surface area contributed by atoms with E-state index in [4.69, 9.17) is 5.11 Å². The summed E-state index contributed by atoms with van der Waals surface area (Å²) in [5.74, 6) is 0.530. The SMILES string of the molecule is O=C(O)N1CCC(CNc2ccc(-c3cnc[nH]3)cc2)CC1. The van der Waals surface area contributed by atoms with Gasteiger partial charge in [-0.1, -0.05) is 12.1 Å². The number of carboxylic acid groups (broad SMARTS) is 1. The second-order valence-corrected chi connectivity index (χ2v) is 5.64. The van der Waals surface area contributed by atoms with Crippen LogP contribution in [-0.4, -0.2) is 45.7 Å². The number of imidazole rings is 1. The van der Waals surface area contributed by atoms with Gasteiger partial charge in [0.2, 0.25) is 0 Å². The van der Waals surface area contributed by atoms with E-state index in [0.717, 1.165) is 36.3 Å². The molecule has 3 N–H and O–H groups in total. The second kappa shape index (κ2) is 6.51. The molecule has 1 aliphatic rings. The highest BCUT2D eigenvalue weighted by Gasteiger charge is 2.21. The quantitative estimate of drug-likeness (QED) is 0.811. The third kappa shape index (κ3) is 3.39. The number of amides is 1. The molecule has 6 nitrogen and oxygen atoms in total. The number of anilines is 1. The molecular formula is C16H20N4O2. The Kier molecular flexibility index (Phi) is 4.27. The Morgan fingerprint density at radius 3 is 2.64 bits per heavy atom. The molecule has 1 aromatic heterocycles. The van der Waals surface area contributed by atoms with Crippen molar-refractivity contribution in [3.05, 3.63) is 36.8 Å². The van der Waals surface area contributed by atoms with E-state index >= 15 is 0 Å². The van der Waals surface area contributed by atoms with E-state index in [2.05, 4.69) is 39.6 Å². The van der Waals surface area contributed by atoms with Crippen molar-refractivity contribution in [2.45, 2.75) is 12.8 Å². The number of aromatic nitrogens is 2. The van der Waals surface area contributed by atoms with Crippen LogP contribution in [0.3, 0.4) is 0 Å². The topological polar surface area (TPSA) is 81.2 Å². The summed E-state index contributed by atoms with van der Waals surface area (Å²) < 4.78 is 0. The minimum absolute atomic E-state index is 0.530. The van der Waals surface area contributed by atoms with Gasteiger partial charge in [0, 0.05) is 25.3 Å². The van der Waals surface area contributed by atoms with E-state index in [1.807, 2.05) is 0 Å². The maximum Gasteiger partial charge on any atom is 0.407 e. The molecule has 1 amide bonds. The average Bonchev–Trinajstić information content (AvgIpc) is 3.08. The minimum Gasteiger partial charge on any atom is -0.465 e. The van der Waals surface area contributed by atoms with Crippen molar-refractivity contribution in [3.63, 3.8) is 0 Å². The zero-order chi connectivity index (χ0) is 15.4. The van der Waals surface area contributed by atoms with Crippen molar-refractivity contribution in [2.75, 3.05) is 25.0 Å². The monoisotopic (exact) mass is 300 g/mol. The van der Waals surface area contributed by atoms with Crippen LogP contribution in [0.25, 0.3) is 11.3 Å². The normalized spacial score (nSPS) is 15.7. The standard InChI is InChI=1S/C16H20N4O2/c21-16(22)20-7-5-12(6-8-20)9-18-14-3-1-13(2-4-14)15-10-17-11-19-15/h1-4,10-12,18H,5-9H2,(H,17,19)(H,21,22). The van der Waals surface area contributed by atoms with E-state index < -0.39 is 6.09 Å². The summed E-state index contributed by atoms with van der Waals surface area (Å²) in [7, 11) is 0. The van der Waals surface area contributed by atoms with Crippen LogP contribution in [0.4, 0.5) is 10.5 Å². The second-order valence-electron chi connectivity index (χ2n) is 5.64. The van der Waals surface area contributed by atoms with Crippen LogP contribution in [0.1, 0.15) is 12.8 Å². The van der Waals surface area contributed by atoms with Crippen molar-refractivity contribution >= 4 is 11.8 Å². The number of benzene rings is 1. The molecule has 0 aliphatic carbocycles. The molecule has 0 radical (unpaired) electrons. The molecule has 22 heavy (non-hydrogen) atoms. The average molecular weight is 300 g/mol. The highest BCUT2D eigenvalue weighted by atomic mass is 16.4. The van der Waals surface area contributed by atoms with Crippen molar-refractivity contribution in [1.29, 1.82) is 0 Å². The van der Waals surface area contributed by atoms with Gasteiger partial charge in [0.05, 0.1) is 18.2 Å². The summed E-state index contributed by atoms with van der Waals surface area (Å²) >= 11 is 0. The molecule has 1 aliphatic heterocycles. The first-order valence-electron chi connectivity index (χ1n) is 7.53. The van der Waals surface area contributed by atoms with Gasteiger partial charge >= 0.3 is 6.09 Å². The zero-order valence-electron chi connectivity index (χ0n) is 12.3. The number of carbonyl (C=O) groups is 1. The van der Waals surface area contributed by atoms with Gasteiger partial charge in [-0.25, -0.2) is 9.78 Å². The number of nitrogens with zero attached hydrogens (tertiary/aromatic N) is 2. The largest absolute Gasteiger partial charge is 0.465 e. The summed E-state index contributed by atoms with van der Waals surface area (Å²) in [6.07, 6.45) is 4.52. The van der Waals surface area contributed by atoms with E-state index in [1.54, 1.807) is 12.5 Å². The number of hydrogen-bond acceptors (Lipinski definition) is 3. The summed E-state index contributed by atoms with van der Waals surface area (Å²) in [6, 6.07) is 8.23. The van der Waals surface area contributed by atoms with E-state index in [9.17, 15) is 4.79 Å². The Labute approximate surface area is 129 Å². The Morgan fingerprint density at radius 2 is 2.05 bits per heavy atom. The van der Waals surface area contributed by atoms with Crippen LogP contribution in [0.5, 0.6) is 0 Å². The van der Waals surface area contributed by atoms with E-state index in [0.29, 0.717) is 19.0 Å². The molecule has 0 saturated carbocycles. The fraction of sp³-hybridized carbons (Fsp3) is 0.375. The Balaban J connectivity index is 1.49. The molecule has 0 bridgehead atoms. The lowest BCUT2D eigenvalue weighted by atomic mass is 9.97. The van der Waals surface area contributed by atoms with Crippen molar-refractivity contribution in [3.8, 4) is 11.3 Å². The first kappa shape index (κ1) is 14.4. The predicted molar refractivity (Wildman–Crippen MR) is 84.8 cm³/mol. The van der Waals surface area contributed by atoms with Crippen LogP contribution in [0, 0.1) is 5.92 Å². The van der Waals surface area contributed by atoms with Gasteiger partial charge in [-0.2, -0.15) is 0 Å². The fourth-order valence-electron chi connectivity index (χ4n) is 2.77. The van der Waals surface area contributed by atoms with Gasteiger partial charge in [-0.05, 0) is 36.5 Å². The molecule has 0 atom stereocenters. The summed E-state index contributed by atoms with van der Waals surface area (Å²) in [5.41, 5.74) is 3.20. The van der Waals surface area contributed by atoms with Crippen LogP contribution in [0.15, 0.2) is 36.8 Å². The molecule has 1 fully saturated rings. The lowest BCUT2D eigenvalue weighted by molar-refractivity contribution is 0.126. The van der Waals surface area contributed by atoms with Gasteiger partial charge in [-0.3, -0.25) is 0 Å². The number of rotatable bonds is 4. The molecule has 6 heteroatoms. The first-order chi connectivity index (χ1) is 10.7. The van der Waals surface area contributed by atoms with Crippen LogP contribution in [-0.2, 0) is 0 Å². The Bertz CT molecular complexity index is 602. The zero-order valence-corrected chi connectivity index (χ0v) is 12.3. The molecular weight excluding hydrogens is 280 g/mol. The summed E-state index contributed by atoms with van der Waals surface area (Å²) in [6.45, 7) is 2.16. The Morgan fingerprint density at radius 1 is 1.32 bits per heavy atom. The van der Waals surface area contributed by atoms with Gasteiger partial charge in [0.1, 0.15) is 0 Å². The van der Waals surface area contributed by atoms with E-state index in [1.165, 1.54) is 4.90 Å². The molecule has 0 spiro atoms. The maximum absolute atomic E-state index is 10.9. The number of hydrogen-bond donors (Lipinski definition) is 3. The summed E-state index contributed by atoms with van der Waals surface area (Å²) in [5, 5.41) is 12.4. The third-order valence-electron chi connectivity index (χ3n) is 4.17. The van der Waals surface area contributed by atoms with E-state index in [-0.39, 0.29) is 0 Å². The van der Waals surface area contributed by atoms with Crippen LogP contribution in [0.2, 0.25) is 0 Å². The van der Waals surface area contributed by atoms with Crippen molar-refractivity contribution < 1.29 is 9.90 Å². The molecule has 3 rings (SSSR count). The van der Waals surface area contributed by atoms with Crippen LogP contribution >= 0.6 is 0 Å². The third-order valence-corrected chi connectivity index (χ3v) is 4.17. The molecule has 0 unspecified atom stereocenters. The molecule has 1 saturated heterocycles. The smallest absolute Gasteiger partial charge is 0.407 e. The predicted octanol–water partition coefficient (Wildman–Crippen LogP) is 2.88. The number of H-pyrrole nitrogens is 1. The fourth-order valence-corrected chi connectivity index (χ4v) is 2.77. The Hall–Kier alpha value is -2.50. The lowest BCUT2D eigenvalue weighted by Crippen LogP contribution is -2.39. The molecule has 2 heterocycles. The number of piperidine rings is 1. The minimum atomic E-state index is -0.805. The number of likely N-dealkylation sites (tertiary alicyclic amines) is 1. The van der Waals surface area contributed by atoms with Gasteiger partial charge < -0.3 is 20.3 Å². The molecule has 1 aromatic carbocycles. The van der Waals surface area contributed by atoms with Crippen molar-refractivity contribution in [2.24, 2.45) is 5.92 Å². The maximum atomic E-state index is 10.9. The summed E-state index contributed by atoms with van der Waals surface area (Å²) in [4.78, 5) is 19.5. The van der Waals surface area contributed by atoms with Gasteiger partial charge in [0.15, 0.2) is 0 Å².